The van der Waals surface area contributed by atoms with Crippen molar-refractivity contribution in [3.63, 3.8) is 0 Å². The summed E-state index contributed by atoms with van der Waals surface area (Å²) in [6.07, 6.45) is 5.77. The number of rotatable bonds is 1. The van der Waals surface area contributed by atoms with Crippen LogP contribution in [-0.4, -0.2) is 21.7 Å². The molecule has 0 spiro atoms. The molecule has 1 rings (SSSR count). The topological polar surface area (TPSA) is 58.6 Å². The first-order valence-electron chi connectivity index (χ1n) is 3.19. The number of nitrogens with zero attached hydrogens (tertiary/aromatic N) is 2. The lowest BCUT2D eigenvalue weighted by molar-refractivity contribution is -0.104. The van der Waals surface area contributed by atoms with E-state index in [-0.39, 0.29) is 0 Å². The highest BCUT2D eigenvalue weighted by Crippen LogP contribution is 1.80. The van der Waals surface area contributed by atoms with Crippen molar-refractivity contribution in [1.29, 1.82) is 0 Å². The van der Waals surface area contributed by atoms with Crippen molar-refractivity contribution in [2.75, 3.05) is 0 Å². The first-order chi connectivity index (χ1) is 5.31. The van der Waals surface area contributed by atoms with Crippen molar-refractivity contribution in [3.05, 3.63) is 24.0 Å². The van der Waals surface area contributed by atoms with Gasteiger partial charge in [-0.3, -0.25) is 4.79 Å². The number of nitrogens with one attached hydrogen (secondary N) is 1. The first kappa shape index (κ1) is 9.55. The number of carbonyl (C=O) groups excluding carboxylic acids is 1. The molecule has 1 aromatic rings. The molecule has 0 amide bonds. The fourth-order valence-electron chi connectivity index (χ4n) is 0.235. The van der Waals surface area contributed by atoms with Crippen LogP contribution in [0.4, 0.5) is 0 Å². The van der Waals surface area contributed by atoms with Gasteiger partial charge in [0.25, 0.3) is 0 Å². The summed E-state index contributed by atoms with van der Waals surface area (Å²) in [6, 6.07) is 0. The van der Waals surface area contributed by atoms with Gasteiger partial charge in [-0.25, -0.2) is 0 Å². The first-order valence-corrected chi connectivity index (χ1v) is 3.19. The van der Waals surface area contributed by atoms with Crippen LogP contribution in [0.1, 0.15) is 13.8 Å². The number of H-pyrrole nitrogens is 1. The van der Waals surface area contributed by atoms with Crippen LogP contribution in [0.2, 0.25) is 0 Å². The van der Waals surface area contributed by atoms with E-state index in [1.54, 1.807) is 25.4 Å². The average Bonchev–Trinajstić information content (AvgIpc) is 2.60. The molecule has 0 radical (unpaired) electrons. The van der Waals surface area contributed by atoms with E-state index in [1.165, 1.54) is 0 Å². The molecule has 0 aliphatic heterocycles. The normalized spacial score (nSPS) is 9.82. The number of aromatic nitrogens is 3. The molecule has 0 aliphatic carbocycles. The molecule has 0 aromatic carbocycles. The fourth-order valence-corrected chi connectivity index (χ4v) is 0.235. The van der Waals surface area contributed by atoms with Gasteiger partial charge in [0.2, 0.25) is 0 Å². The van der Waals surface area contributed by atoms with Gasteiger partial charge in [-0.15, -0.1) is 0 Å². The lowest BCUT2D eigenvalue weighted by Gasteiger charge is -1.73. The fraction of sp³-hybridized carbons (Fsp3) is 0.286. The monoisotopic (exact) mass is 153 g/mol. The largest absolute Gasteiger partial charge is 0.298 e. The number of aromatic amines is 1. The maximum Gasteiger partial charge on any atom is 0.145 e. The Balaban J connectivity index is 0.000000183. The minimum atomic E-state index is 0.787. The molecular formula is C7H11N3O. The SMILES string of the molecule is CC=C(C)C=O.c1cn[nH]n1. The molecule has 0 fully saturated rings. The summed E-state index contributed by atoms with van der Waals surface area (Å²) in [7, 11) is 0. The Kier molecular flexibility index (Phi) is 5.79. The van der Waals surface area contributed by atoms with E-state index >= 15 is 0 Å². The second-order valence-corrected chi connectivity index (χ2v) is 1.81. The van der Waals surface area contributed by atoms with Crippen LogP contribution in [0.25, 0.3) is 0 Å². The quantitative estimate of drug-likeness (QED) is 0.482. The standard InChI is InChI=1S/C5H8O.C2H3N3/c1-3-5(2)4-6;1-2-4-5-3-1/h3-4H,1-2H3;1-2H,(H,3,4,5). The zero-order valence-corrected chi connectivity index (χ0v) is 6.61. The Morgan fingerprint density at radius 1 is 1.45 bits per heavy atom. The molecule has 0 atom stereocenters. The maximum absolute atomic E-state index is 9.67. The van der Waals surface area contributed by atoms with Crippen LogP contribution in [0.15, 0.2) is 24.0 Å². The van der Waals surface area contributed by atoms with Gasteiger partial charge in [0.1, 0.15) is 6.29 Å². The number of aldehydes is 1. The van der Waals surface area contributed by atoms with Crippen LogP contribution in [-0.2, 0) is 4.79 Å². The van der Waals surface area contributed by atoms with E-state index in [4.69, 9.17) is 0 Å². The zero-order valence-electron chi connectivity index (χ0n) is 6.61. The molecular weight excluding hydrogens is 142 g/mol. The molecule has 0 saturated heterocycles. The van der Waals surface area contributed by atoms with Crippen molar-refractivity contribution in [2.24, 2.45) is 0 Å². The van der Waals surface area contributed by atoms with Gasteiger partial charge >= 0.3 is 0 Å². The third-order valence-electron chi connectivity index (χ3n) is 0.972. The predicted octanol–water partition coefficient (Wildman–Crippen LogP) is 0.956. The second kappa shape index (κ2) is 6.67. The van der Waals surface area contributed by atoms with E-state index in [1.807, 2.05) is 6.92 Å². The number of allylic oxidation sites excluding steroid dienone is 2. The molecule has 0 saturated carbocycles. The molecule has 0 bridgehead atoms. The van der Waals surface area contributed by atoms with Gasteiger partial charge in [-0.2, -0.15) is 15.4 Å². The highest BCUT2D eigenvalue weighted by Gasteiger charge is 1.72. The third kappa shape index (κ3) is 6.44. The van der Waals surface area contributed by atoms with E-state index < -0.39 is 0 Å². The summed E-state index contributed by atoms with van der Waals surface area (Å²) in [5.74, 6) is 0. The van der Waals surface area contributed by atoms with Crippen molar-refractivity contribution < 1.29 is 4.79 Å². The van der Waals surface area contributed by atoms with E-state index in [2.05, 4.69) is 15.4 Å². The highest BCUT2D eigenvalue weighted by molar-refractivity contribution is 5.71. The molecule has 0 aliphatic rings. The molecule has 1 N–H and O–H groups in total. The minimum Gasteiger partial charge on any atom is -0.298 e. The lowest BCUT2D eigenvalue weighted by atomic mass is 10.3. The summed E-state index contributed by atoms with van der Waals surface area (Å²) in [6.45, 7) is 3.61. The summed E-state index contributed by atoms with van der Waals surface area (Å²) >= 11 is 0. The minimum absolute atomic E-state index is 0.787. The Bertz CT molecular complexity index is 186. The molecule has 60 valence electrons. The smallest absolute Gasteiger partial charge is 0.145 e. The summed E-state index contributed by atoms with van der Waals surface area (Å²) in [5, 5.41) is 9.33. The molecule has 4 heteroatoms. The number of hydrogen-bond acceptors (Lipinski definition) is 3. The van der Waals surface area contributed by atoms with E-state index in [0.717, 1.165) is 11.9 Å². The zero-order chi connectivity index (χ0) is 8.53. The van der Waals surface area contributed by atoms with Crippen molar-refractivity contribution >= 4 is 6.29 Å². The third-order valence-corrected chi connectivity index (χ3v) is 0.972. The van der Waals surface area contributed by atoms with Crippen LogP contribution < -0.4 is 0 Å². The summed E-state index contributed by atoms with van der Waals surface area (Å²) in [5.41, 5.74) is 0.787. The van der Waals surface area contributed by atoms with Crippen LogP contribution >= 0.6 is 0 Å². The van der Waals surface area contributed by atoms with Gasteiger partial charge in [0.15, 0.2) is 0 Å². The summed E-state index contributed by atoms with van der Waals surface area (Å²) in [4.78, 5) is 9.67. The Hall–Kier alpha value is -1.45. The van der Waals surface area contributed by atoms with Crippen molar-refractivity contribution in [2.45, 2.75) is 13.8 Å². The van der Waals surface area contributed by atoms with E-state index in [9.17, 15) is 4.79 Å². The number of carbonyl (C=O) groups is 1. The summed E-state index contributed by atoms with van der Waals surface area (Å²) < 4.78 is 0. The second-order valence-electron chi connectivity index (χ2n) is 1.81. The highest BCUT2D eigenvalue weighted by atomic mass is 16.1. The van der Waals surface area contributed by atoms with Gasteiger partial charge in [-0.1, -0.05) is 6.08 Å². The van der Waals surface area contributed by atoms with Crippen LogP contribution in [0.5, 0.6) is 0 Å². The van der Waals surface area contributed by atoms with Gasteiger partial charge < -0.3 is 0 Å². The van der Waals surface area contributed by atoms with Crippen molar-refractivity contribution in [1.82, 2.24) is 15.4 Å². The molecule has 0 unspecified atom stereocenters. The van der Waals surface area contributed by atoms with Crippen LogP contribution in [0.3, 0.4) is 0 Å². The Morgan fingerprint density at radius 2 is 2.00 bits per heavy atom. The Morgan fingerprint density at radius 3 is 2.09 bits per heavy atom. The predicted molar refractivity (Wildman–Crippen MR) is 41.9 cm³/mol. The molecule has 4 nitrogen and oxygen atoms in total. The molecule has 1 aromatic heterocycles. The van der Waals surface area contributed by atoms with E-state index in [0.29, 0.717) is 0 Å². The van der Waals surface area contributed by atoms with Crippen molar-refractivity contribution in [3.8, 4) is 0 Å². The Labute approximate surface area is 65.3 Å². The molecule has 1 heterocycles. The maximum atomic E-state index is 9.67. The number of hydrogen-bond donors (Lipinski definition) is 1. The van der Waals surface area contributed by atoms with Gasteiger partial charge in [0.05, 0.1) is 12.4 Å². The van der Waals surface area contributed by atoms with Gasteiger partial charge in [-0.05, 0) is 19.4 Å². The van der Waals surface area contributed by atoms with Gasteiger partial charge in [0, 0.05) is 0 Å². The average molecular weight is 153 g/mol. The van der Waals surface area contributed by atoms with Crippen LogP contribution in [0, 0.1) is 0 Å². The lowest BCUT2D eigenvalue weighted by Crippen LogP contribution is -1.69. The molecule has 11 heavy (non-hydrogen) atoms.